The Morgan fingerprint density at radius 1 is 1.16 bits per heavy atom. The predicted molar refractivity (Wildman–Crippen MR) is 93.1 cm³/mol. The van der Waals surface area contributed by atoms with Crippen LogP contribution in [0.4, 0.5) is 8.78 Å². The first-order chi connectivity index (χ1) is 12.1. The predicted octanol–water partition coefficient (Wildman–Crippen LogP) is 2.53. The summed E-state index contributed by atoms with van der Waals surface area (Å²) < 4.78 is 28.1. The largest absolute Gasteiger partial charge is 0.340 e. The number of piperazine rings is 1. The van der Waals surface area contributed by atoms with Gasteiger partial charge >= 0.3 is 0 Å². The summed E-state index contributed by atoms with van der Waals surface area (Å²) in [6, 6.07) is 4.31. The fourth-order valence-electron chi connectivity index (χ4n) is 3.86. The molecular formula is C19H27F2N3O. The molecule has 1 saturated heterocycles. The Bertz CT molecular complexity index is 564. The van der Waals surface area contributed by atoms with Gasteiger partial charge in [-0.1, -0.05) is 18.9 Å². The van der Waals surface area contributed by atoms with E-state index in [0.29, 0.717) is 19.0 Å². The molecule has 0 radical (unpaired) electrons. The van der Waals surface area contributed by atoms with Crippen LogP contribution in [-0.2, 0) is 11.3 Å². The van der Waals surface area contributed by atoms with Crippen LogP contribution in [0.15, 0.2) is 18.2 Å². The first-order valence-electron chi connectivity index (χ1n) is 9.30. The molecule has 1 N–H and O–H groups in total. The molecule has 3 rings (SSSR count). The smallest absolute Gasteiger partial charge is 0.223 e. The molecule has 1 heterocycles. The van der Waals surface area contributed by atoms with E-state index in [0.717, 1.165) is 51.9 Å². The van der Waals surface area contributed by atoms with Crippen molar-refractivity contribution in [1.29, 1.82) is 0 Å². The van der Waals surface area contributed by atoms with Crippen molar-refractivity contribution >= 4 is 5.91 Å². The van der Waals surface area contributed by atoms with Gasteiger partial charge in [-0.15, -0.1) is 0 Å². The molecule has 0 spiro atoms. The van der Waals surface area contributed by atoms with Crippen molar-refractivity contribution in [3.63, 3.8) is 0 Å². The Labute approximate surface area is 148 Å². The lowest BCUT2D eigenvalue weighted by atomic mass is 10.1. The Balaban J connectivity index is 1.64. The number of nitrogens with zero attached hydrogens (tertiary/aromatic N) is 2. The molecule has 1 aliphatic carbocycles. The number of halogens is 2. The van der Waals surface area contributed by atoms with E-state index in [1.165, 1.54) is 18.2 Å². The maximum Gasteiger partial charge on any atom is 0.223 e. The minimum Gasteiger partial charge on any atom is -0.340 e. The van der Waals surface area contributed by atoms with E-state index >= 15 is 0 Å². The maximum absolute atomic E-state index is 14.0. The minimum absolute atomic E-state index is 0.115. The molecule has 4 nitrogen and oxygen atoms in total. The topological polar surface area (TPSA) is 35.6 Å². The molecule has 138 valence electrons. The fraction of sp³-hybridized carbons (Fsp3) is 0.632. The van der Waals surface area contributed by atoms with Crippen molar-refractivity contribution in [2.45, 2.75) is 44.7 Å². The van der Waals surface area contributed by atoms with Crippen LogP contribution in [0, 0.1) is 11.6 Å². The van der Waals surface area contributed by atoms with Gasteiger partial charge in [0.15, 0.2) is 0 Å². The van der Waals surface area contributed by atoms with Crippen LogP contribution in [0.2, 0.25) is 0 Å². The third kappa shape index (κ3) is 4.76. The van der Waals surface area contributed by atoms with Crippen LogP contribution in [0.25, 0.3) is 0 Å². The summed E-state index contributed by atoms with van der Waals surface area (Å²) >= 11 is 0. The van der Waals surface area contributed by atoms with E-state index in [-0.39, 0.29) is 18.0 Å². The van der Waals surface area contributed by atoms with Crippen molar-refractivity contribution in [3.05, 3.63) is 35.4 Å². The molecular weight excluding hydrogens is 324 g/mol. The van der Waals surface area contributed by atoms with E-state index in [9.17, 15) is 13.6 Å². The molecule has 0 unspecified atom stereocenters. The van der Waals surface area contributed by atoms with E-state index in [1.54, 1.807) is 0 Å². The van der Waals surface area contributed by atoms with Gasteiger partial charge in [-0.05, 0) is 25.0 Å². The van der Waals surface area contributed by atoms with Gasteiger partial charge in [0.25, 0.3) is 0 Å². The quantitative estimate of drug-likeness (QED) is 0.856. The Morgan fingerprint density at radius 2 is 1.80 bits per heavy atom. The zero-order valence-electron chi connectivity index (χ0n) is 14.6. The third-order valence-corrected chi connectivity index (χ3v) is 5.35. The lowest BCUT2D eigenvalue weighted by molar-refractivity contribution is -0.132. The summed E-state index contributed by atoms with van der Waals surface area (Å²) in [5.74, 6) is -0.869. The molecule has 1 saturated carbocycles. The number of hydrogen-bond donors (Lipinski definition) is 1. The number of nitrogens with one attached hydrogen (secondary N) is 1. The van der Waals surface area contributed by atoms with Crippen LogP contribution < -0.4 is 5.32 Å². The van der Waals surface area contributed by atoms with Crippen molar-refractivity contribution in [1.82, 2.24) is 15.1 Å². The summed E-state index contributed by atoms with van der Waals surface area (Å²) in [5, 5.41) is 3.24. The monoisotopic (exact) mass is 351 g/mol. The van der Waals surface area contributed by atoms with Gasteiger partial charge in [0.1, 0.15) is 11.6 Å². The second kappa shape index (κ2) is 8.72. The van der Waals surface area contributed by atoms with Crippen LogP contribution in [-0.4, -0.2) is 54.5 Å². The number of hydrogen-bond acceptors (Lipinski definition) is 3. The zero-order valence-corrected chi connectivity index (χ0v) is 14.6. The van der Waals surface area contributed by atoms with Crippen molar-refractivity contribution in [3.8, 4) is 0 Å². The van der Waals surface area contributed by atoms with Crippen LogP contribution in [0.5, 0.6) is 0 Å². The zero-order chi connectivity index (χ0) is 17.6. The van der Waals surface area contributed by atoms with Crippen LogP contribution in [0.3, 0.4) is 0 Å². The molecule has 25 heavy (non-hydrogen) atoms. The first kappa shape index (κ1) is 18.3. The van der Waals surface area contributed by atoms with Gasteiger partial charge in [0, 0.05) is 57.3 Å². The van der Waals surface area contributed by atoms with Crippen molar-refractivity contribution in [2.75, 3.05) is 32.7 Å². The van der Waals surface area contributed by atoms with Crippen LogP contribution >= 0.6 is 0 Å². The van der Waals surface area contributed by atoms with Gasteiger partial charge in [-0.25, -0.2) is 8.78 Å². The summed E-state index contributed by atoms with van der Waals surface area (Å²) in [7, 11) is 0. The highest BCUT2D eigenvalue weighted by Gasteiger charge is 2.26. The van der Waals surface area contributed by atoms with Crippen LogP contribution in [0.1, 0.15) is 37.7 Å². The lowest BCUT2D eigenvalue weighted by Crippen LogP contribution is -2.47. The van der Waals surface area contributed by atoms with E-state index in [2.05, 4.69) is 10.2 Å². The minimum atomic E-state index is -0.503. The second-order valence-electron chi connectivity index (χ2n) is 6.99. The Morgan fingerprint density at radius 3 is 2.44 bits per heavy atom. The van der Waals surface area contributed by atoms with Crippen molar-refractivity contribution < 1.29 is 13.6 Å². The molecule has 0 atom stereocenters. The first-order valence-corrected chi connectivity index (χ1v) is 9.30. The van der Waals surface area contributed by atoms with Gasteiger partial charge in [0.2, 0.25) is 5.91 Å². The number of benzene rings is 1. The lowest BCUT2D eigenvalue weighted by Gasteiger charge is -2.31. The summed E-state index contributed by atoms with van der Waals surface area (Å²) in [6.45, 7) is 3.94. The number of carbonyl (C=O) groups is 1. The molecule has 2 aliphatic rings. The molecule has 1 aliphatic heterocycles. The van der Waals surface area contributed by atoms with Gasteiger partial charge in [0.05, 0.1) is 0 Å². The highest BCUT2D eigenvalue weighted by Crippen LogP contribution is 2.26. The van der Waals surface area contributed by atoms with E-state index in [4.69, 9.17) is 0 Å². The molecule has 1 aromatic carbocycles. The fourth-order valence-corrected chi connectivity index (χ4v) is 3.86. The van der Waals surface area contributed by atoms with Gasteiger partial charge in [-0.2, -0.15) is 0 Å². The maximum atomic E-state index is 14.0. The highest BCUT2D eigenvalue weighted by molar-refractivity contribution is 5.76. The van der Waals surface area contributed by atoms with E-state index < -0.39 is 11.6 Å². The standard InChI is InChI=1S/C19H27F2N3O/c20-17-6-3-7-18(21)16(17)14-24(15-4-1-2-5-15)11-8-19(25)23-12-9-22-10-13-23/h3,6-7,15,22H,1-2,4-5,8-14H2. The third-order valence-electron chi connectivity index (χ3n) is 5.35. The summed E-state index contributed by atoms with van der Waals surface area (Å²) in [5.41, 5.74) is 0.115. The summed E-state index contributed by atoms with van der Waals surface area (Å²) in [4.78, 5) is 16.4. The molecule has 0 aromatic heterocycles. The molecule has 0 bridgehead atoms. The molecule has 6 heteroatoms. The molecule has 2 fully saturated rings. The second-order valence-corrected chi connectivity index (χ2v) is 6.99. The average molecular weight is 351 g/mol. The number of carbonyl (C=O) groups excluding carboxylic acids is 1. The number of rotatable bonds is 6. The summed E-state index contributed by atoms with van der Waals surface area (Å²) in [6.07, 6.45) is 4.78. The Kier molecular flexibility index (Phi) is 6.37. The van der Waals surface area contributed by atoms with Gasteiger partial charge in [-0.3, -0.25) is 9.69 Å². The van der Waals surface area contributed by atoms with Crippen molar-refractivity contribution in [2.24, 2.45) is 0 Å². The molecule has 1 aromatic rings. The number of amides is 1. The Hall–Kier alpha value is -1.53. The van der Waals surface area contributed by atoms with E-state index in [1.807, 2.05) is 4.90 Å². The van der Waals surface area contributed by atoms with Gasteiger partial charge < -0.3 is 10.2 Å². The average Bonchev–Trinajstić information content (AvgIpc) is 3.16. The normalized spacial score (nSPS) is 18.9. The SMILES string of the molecule is O=C(CCN(Cc1c(F)cccc1F)C1CCCC1)N1CCNCC1. The highest BCUT2D eigenvalue weighted by atomic mass is 19.1. The molecule has 1 amide bonds.